The summed E-state index contributed by atoms with van der Waals surface area (Å²) in [4.78, 5) is 20.5. The van der Waals surface area contributed by atoms with Gasteiger partial charge in [0.2, 0.25) is 0 Å². The monoisotopic (exact) mass is 479 g/mol. The van der Waals surface area contributed by atoms with Crippen LogP contribution in [0.5, 0.6) is 5.75 Å². The van der Waals surface area contributed by atoms with Crippen LogP contribution in [0.25, 0.3) is 22.2 Å². The fourth-order valence-electron chi connectivity index (χ4n) is 5.51. The Balaban J connectivity index is 1.44. The molecule has 35 heavy (non-hydrogen) atoms. The zero-order valence-electron chi connectivity index (χ0n) is 20.3. The van der Waals surface area contributed by atoms with E-state index >= 15 is 0 Å². The van der Waals surface area contributed by atoms with Gasteiger partial charge in [-0.1, -0.05) is 6.07 Å². The molecule has 0 radical (unpaired) electrons. The summed E-state index contributed by atoms with van der Waals surface area (Å²) in [5, 5.41) is 17.3. The summed E-state index contributed by atoms with van der Waals surface area (Å²) < 4.78 is 7.55. The molecule has 1 amide bonds. The third-order valence-electron chi connectivity index (χ3n) is 7.42. The summed E-state index contributed by atoms with van der Waals surface area (Å²) in [6, 6.07) is 8.23. The predicted octanol–water partition coefficient (Wildman–Crippen LogP) is 3.51. The van der Waals surface area contributed by atoms with Crippen molar-refractivity contribution in [2.45, 2.75) is 37.8 Å². The van der Waals surface area contributed by atoms with E-state index in [4.69, 9.17) is 20.7 Å². The molecule has 2 fully saturated rings. The van der Waals surface area contributed by atoms with E-state index in [1.54, 1.807) is 18.3 Å². The Hall–Kier alpha value is -3.37. The number of amides is 1. The molecule has 4 N–H and O–H groups in total. The van der Waals surface area contributed by atoms with Gasteiger partial charge < -0.3 is 25.4 Å². The van der Waals surface area contributed by atoms with E-state index < -0.39 is 6.09 Å². The van der Waals surface area contributed by atoms with Crippen LogP contribution in [0.15, 0.2) is 30.5 Å². The summed E-state index contributed by atoms with van der Waals surface area (Å²) in [6.07, 6.45) is 5.14. The number of nitrogens with one attached hydrogen (secondary N) is 1. The average molecular weight is 480 g/mol. The second-order valence-corrected chi connectivity index (χ2v) is 9.53. The first-order chi connectivity index (χ1) is 16.9. The number of pyridine rings is 1. The number of fused-ring (bicyclic) bond motifs is 1. The van der Waals surface area contributed by atoms with Crippen LogP contribution < -0.4 is 15.8 Å². The van der Waals surface area contributed by atoms with E-state index in [-0.39, 0.29) is 6.04 Å². The molecule has 0 aliphatic carbocycles. The number of aromatic nitrogens is 3. The lowest BCUT2D eigenvalue weighted by atomic mass is 9.98. The van der Waals surface area contributed by atoms with Gasteiger partial charge in [-0.3, -0.25) is 10.00 Å². The van der Waals surface area contributed by atoms with E-state index in [1.165, 1.54) is 33.0 Å². The van der Waals surface area contributed by atoms with E-state index in [1.807, 2.05) is 12.1 Å². The van der Waals surface area contributed by atoms with Gasteiger partial charge in [0.25, 0.3) is 0 Å². The molecule has 2 aromatic heterocycles. The summed E-state index contributed by atoms with van der Waals surface area (Å²) >= 11 is 0. The minimum Gasteiger partial charge on any atom is -0.495 e. The van der Waals surface area contributed by atoms with Crippen molar-refractivity contribution < 1.29 is 14.6 Å². The van der Waals surface area contributed by atoms with Crippen LogP contribution in [-0.4, -0.2) is 82.1 Å². The number of nitrogens with zero attached hydrogens (tertiary/aromatic N) is 5. The van der Waals surface area contributed by atoms with Gasteiger partial charge in [0, 0.05) is 30.9 Å². The summed E-state index contributed by atoms with van der Waals surface area (Å²) in [5.74, 6) is 0.848. The number of carboxylic acid groups (broad SMARTS) is 1. The lowest BCUT2D eigenvalue weighted by Gasteiger charge is -2.41. The molecule has 10 nitrogen and oxygen atoms in total. The van der Waals surface area contributed by atoms with Crippen LogP contribution >= 0.6 is 0 Å². The molecule has 5 rings (SSSR count). The summed E-state index contributed by atoms with van der Waals surface area (Å²) in [7, 11) is 3.71. The van der Waals surface area contributed by atoms with E-state index in [0.717, 1.165) is 48.1 Å². The molecule has 0 spiro atoms. The minimum absolute atomic E-state index is 0.283. The highest BCUT2D eigenvalue weighted by Gasteiger charge is 2.30. The van der Waals surface area contributed by atoms with Crippen LogP contribution in [0.4, 0.5) is 16.3 Å². The van der Waals surface area contributed by atoms with Crippen molar-refractivity contribution in [3.8, 4) is 17.0 Å². The lowest BCUT2D eigenvalue weighted by Crippen LogP contribution is -2.47. The number of anilines is 2. The number of hydrogen-bond acceptors (Lipinski definition) is 7. The smallest absolute Gasteiger partial charge is 0.409 e. The fourth-order valence-corrected chi connectivity index (χ4v) is 5.51. The number of piperidine rings is 2. The van der Waals surface area contributed by atoms with Gasteiger partial charge in [-0.2, -0.15) is 5.10 Å². The number of rotatable bonds is 5. The van der Waals surface area contributed by atoms with Crippen LogP contribution in [0.3, 0.4) is 0 Å². The SMILES string of the molecule is COc1cc(-c2nn(C3CCN(C4CCN(C)CC4)CC3)c3ccnc(N)c23)ccc1NC(=O)O. The Morgan fingerprint density at radius 1 is 1.11 bits per heavy atom. The molecular formula is C25H33N7O3. The Morgan fingerprint density at radius 3 is 2.51 bits per heavy atom. The number of hydrogen-bond donors (Lipinski definition) is 3. The maximum Gasteiger partial charge on any atom is 0.409 e. The molecule has 2 aliphatic rings. The Bertz CT molecular complexity index is 1210. The number of methoxy groups -OCH3 is 1. The predicted molar refractivity (Wildman–Crippen MR) is 136 cm³/mol. The number of carbonyl (C=O) groups is 1. The highest BCUT2D eigenvalue weighted by atomic mass is 16.5. The molecular weight excluding hydrogens is 446 g/mol. The highest BCUT2D eigenvalue weighted by Crippen LogP contribution is 2.38. The zero-order valence-corrected chi connectivity index (χ0v) is 20.3. The third kappa shape index (κ3) is 4.63. The summed E-state index contributed by atoms with van der Waals surface area (Å²) in [5.41, 5.74) is 9.20. The van der Waals surface area contributed by atoms with Crippen molar-refractivity contribution in [2.75, 3.05) is 51.4 Å². The van der Waals surface area contributed by atoms with E-state index in [9.17, 15) is 4.79 Å². The second-order valence-electron chi connectivity index (χ2n) is 9.53. The Kier molecular flexibility index (Phi) is 6.48. The number of ether oxygens (including phenoxy) is 1. The quantitative estimate of drug-likeness (QED) is 0.508. The Labute approximate surface area is 204 Å². The zero-order chi connectivity index (χ0) is 24.5. The van der Waals surface area contributed by atoms with Gasteiger partial charge in [-0.25, -0.2) is 9.78 Å². The van der Waals surface area contributed by atoms with Gasteiger partial charge >= 0.3 is 6.09 Å². The van der Waals surface area contributed by atoms with Gasteiger partial charge in [-0.05, 0) is 64.0 Å². The van der Waals surface area contributed by atoms with Gasteiger partial charge in [-0.15, -0.1) is 0 Å². The molecule has 186 valence electrons. The molecule has 4 heterocycles. The maximum absolute atomic E-state index is 11.1. The first-order valence-corrected chi connectivity index (χ1v) is 12.2. The third-order valence-corrected chi connectivity index (χ3v) is 7.42. The largest absolute Gasteiger partial charge is 0.495 e. The standard InChI is InChI=1S/C25H33N7O3/c1-30-11-6-17(7-12-30)31-13-8-18(9-14-31)32-20-5-10-27-24(26)22(20)23(29-32)16-3-4-19(28-25(33)34)21(15-16)35-2/h3-5,10,15,17-18,28H,6-9,11-14H2,1-2H3,(H2,26,27)(H,33,34). The van der Waals surface area contributed by atoms with Gasteiger partial charge in [0.15, 0.2) is 0 Å². The Morgan fingerprint density at radius 2 is 1.83 bits per heavy atom. The fraction of sp³-hybridized carbons (Fsp3) is 0.480. The number of benzene rings is 1. The van der Waals surface area contributed by atoms with Crippen LogP contribution in [-0.2, 0) is 0 Å². The van der Waals surface area contributed by atoms with Crippen molar-refractivity contribution in [2.24, 2.45) is 0 Å². The van der Waals surface area contributed by atoms with Gasteiger partial charge in [0.05, 0.1) is 29.7 Å². The maximum atomic E-state index is 11.1. The second kappa shape index (κ2) is 9.71. The van der Waals surface area contributed by atoms with E-state index in [0.29, 0.717) is 23.3 Å². The van der Waals surface area contributed by atoms with Crippen LogP contribution in [0, 0.1) is 0 Å². The van der Waals surface area contributed by atoms with Crippen molar-refractivity contribution in [1.29, 1.82) is 0 Å². The molecule has 2 saturated heterocycles. The van der Waals surface area contributed by atoms with Crippen LogP contribution in [0.2, 0.25) is 0 Å². The molecule has 1 aromatic carbocycles. The minimum atomic E-state index is -1.15. The van der Waals surface area contributed by atoms with Crippen molar-refractivity contribution >= 4 is 28.5 Å². The molecule has 10 heteroatoms. The lowest BCUT2D eigenvalue weighted by molar-refractivity contribution is 0.0860. The molecule has 0 unspecified atom stereocenters. The number of likely N-dealkylation sites (tertiary alicyclic amines) is 2. The van der Waals surface area contributed by atoms with Crippen LogP contribution in [0.1, 0.15) is 31.7 Å². The first kappa shape index (κ1) is 23.4. The normalized spacial score (nSPS) is 18.7. The number of nitrogen functional groups attached to an aromatic ring is 1. The molecule has 2 aliphatic heterocycles. The first-order valence-electron chi connectivity index (χ1n) is 12.2. The van der Waals surface area contributed by atoms with E-state index in [2.05, 4.69) is 31.8 Å². The van der Waals surface area contributed by atoms with Crippen molar-refractivity contribution in [3.63, 3.8) is 0 Å². The van der Waals surface area contributed by atoms with Gasteiger partial charge in [0.1, 0.15) is 17.3 Å². The molecule has 0 bridgehead atoms. The molecule has 3 aromatic rings. The average Bonchev–Trinajstić information content (AvgIpc) is 3.26. The molecule has 0 atom stereocenters. The van der Waals surface area contributed by atoms with Crippen molar-refractivity contribution in [3.05, 3.63) is 30.5 Å². The highest BCUT2D eigenvalue weighted by molar-refractivity contribution is 6.00. The van der Waals surface area contributed by atoms with Crippen molar-refractivity contribution in [1.82, 2.24) is 24.6 Å². The summed E-state index contributed by atoms with van der Waals surface area (Å²) in [6.45, 7) is 4.49. The molecule has 0 saturated carbocycles. The topological polar surface area (TPSA) is 122 Å². The number of nitrogens with two attached hydrogens (primary N) is 1.